The Bertz CT molecular complexity index is 2160. The van der Waals surface area contributed by atoms with E-state index in [4.69, 9.17) is 14.2 Å². The smallest absolute Gasteiger partial charge is 0.338 e. The van der Waals surface area contributed by atoms with Gasteiger partial charge in [0.25, 0.3) is 0 Å². The Morgan fingerprint density at radius 2 is 1.10 bits per heavy atom. The van der Waals surface area contributed by atoms with Crippen molar-refractivity contribution in [3.63, 3.8) is 0 Å². The molecule has 0 unspecified atom stereocenters. The number of carbonyl (C=O) groups is 3. The maximum Gasteiger partial charge on any atom is 0.338 e. The lowest BCUT2D eigenvalue weighted by atomic mass is 9.76. The van der Waals surface area contributed by atoms with Crippen LogP contribution in [0.1, 0.15) is 140 Å². The highest BCUT2D eigenvalue weighted by Gasteiger charge is 2.28. The van der Waals surface area contributed by atoms with Gasteiger partial charge in [-0.3, -0.25) is 4.79 Å². The summed E-state index contributed by atoms with van der Waals surface area (Å²) in [7, 11) is 0. The molecule has 63 heavy (non-hydrogen) atoms. The summed E-state index contributed by atoms with van der Waals surface area (Å²) in [5.41, 5.74) is 3.32. The summed E-state index contributed by atoms with van der Waals surface area (Å²) >= 11 is 0. The van der Waals surface area contributed by atoms with Crippen molar-refractivity contribution in [1.82, 2.24) is 0 Å². The fraction of sp³-hybridized carbons (Fsp3) is 0.426. The van der Waals surface area contributed by atoms with Crippen molar-refractivity contribution in [1.29, 1.82) is 0 Å². The minimum atomic E-state index is -0.600. The number of benzene rings is 4. The standard InChI is InChI=1S/C28H34F2O2.C26H29FO4/c1-4-5-6-7-20-8-12-23(13-9-20)27-25(29)17-22(18-26(27)30)16-21-10-14-24(15-11-21)32-28(31)19(2)3;1-4-5-18-6-8-20(9-7-18)26(29)30-21-12-10-19(11-13-21)23-15-14-22(16-24(23)27)31-25(28)17(2)3/h10-11,14-15,17-18,20,23H,2,4-9,12-13,16H2,1,3H3;10-16,18,20H,2,4-9H2,1,3H3. The van der Waals surface area contributed by atoms with E-state index < -0.39 is 29.4 Å². The third kappa shape index (κ3) is 14.6. The Hall–Kier alpha value is -5.44. The SMILES string of the molecule is C=C(C)C(=O)Oc1ccc(-c2ccc(OC(=O)C3CCC(CCC)CC3)cc2)c(F)c1.C=C(C)C(=O)Oc1ccc(Cc2cc(F)c(C3CCC(CCCCC)CC3)c(F)c2)cc1. The summed E-state index contributed by atoms with van der Waals surface area (Å²) in [6, 6.07) is 20.9. The largest absolute Gasteiger partial charge is 0.426 e. The molecule has 0 radical (unpaired) electrons. The molecule has 0 heterocycles. The molecule has 0 spiro atoms. The van der Waals surface area contributed by atoms with Gasteiger partial charge >= 0.3 is 17.9 Å². The molecular formula is C54H63F3O6. The summed E-state index contributed by atoms with van der Waals surface area (Å²) in [5.74, 6) is -0.260. The van der Waals surface area contributed by atoms with Crippen molar-refractivity contribution in [3.8, 4) is 28.4 Å². The van der Waals surface area contributed by atoms with Crippen molar-refractivity contribution in [2.24, 2.45) is 17.8 Å². The van der Waals surface area contributed by atoms with Gasteiger partial charge < -0.3 is 14.2 Å². The van der Waals surface area contributed by atoms with Crippen LogP contribution in [0.15, 0.2) is 103 Å². The van der Waals surface area contributed by atoms with E-state index in [2.05, 4.69) is 27.0 Å². The molecule has 0 atom stereocenters. The second-order valence-corrected chi connectivity index (χ2v) is 17.4. The van der Waals surface area contributed by atoms with Gasteiger partial charge in [-0.1, -0.05) is 89.8 Å². The maximum absolute atomic E-state index is 14.9. The molecule has 336 valence electrons. The highest BCUT2D eigenvalue weighted by atomic mass is 19.1. The Morgan fingerprint density at radius 1 is 0.571 bits per heavy atom. The average Bonchev–Trinajstić information content (AvgIpc) is 3.26. The van der Waals surface area contributed by atoms with E-state index in [1.165, 1.54) is 69.7 Å². The third-order valence-corrected chi connectivity index (χ3v) is 12.3. The van der Waals surface area contributed by atoms with E-state index >= 15 is 0 Å². The Labute approximate surface area is 371 Å². The van der Waals surface area contributed by atoms with Crippen LogP contribution in [0.25, 0.3) is 11.1 Å². The molecule has 0 bridgehead atoms. The van der Waals surface area contributed by atoms with Crippen LogP contribution in [0, 0.1) is 35.2 Å². The summed E-state index contributed by atoms with van der Waals surface area (Å²) < 4.78 is 60.2. The van der Waals surface area contributed by atoms with Crippen LogP contribution >= 0.6 is 0 Å². The number of rotatable bonds is 16. The van der Waals surface area contributed by atoms with Crippen LogP contribution < -0.4 is 14.2 Å². The van der Waals surface area contributed by atoms with E-state index in [1.807, 2.05) is 0 Å². The lowest BCUT2D eigenvalue weighted by Gasteiger charge is -2.29. The van der Waals surface area contributed by atoms with Crippen LogP contribution in [-0.2, 0) is 20.8 Å². The molecular weight excluding hydrogens is 802 g/mol. The average molecular weight is 865 g/mol. The van der Waals surface area contributed by atoms with Crippen molar-refractivity contribution >= 4 is 17.9 Å². The van der Waals surface area contributed by atoms with Gasteiger partial charge in [0.05, 0.1) is 5.92 Å². The van der Waals surface area contributed by atoms with Crippen molar-refractivity contribution in [2.45, 2.75) is 130 Å². The molecule has 6 nitrogen and oxygen atoms in total. The van der Waals surface area contributed by atoms with Gasteiger partial charge in [0.2, 0.25) is 0 Å². The zero-order valence-corrected chi connectivity index (χ0v) is 37.4. The minimum Gasteiger partial charge on any atom is -0.426 e. The topological polar surface area (TPSA) is 78.9 Å². The second kappa shape index (κ2) is 23.9. The van der Waals surface area contributed by atoms with Gasteiger partial charge in [-0.15, -0.1) is 0 Å². The normalized spacial score (nSPS) is 18.3. The van der Waals surface area contributed by atoms with Gasteiger partial charge in [0.1, 0.15) is 34.7 Å². The fourth-order valence-electron chi connectivity index (χ4n) is 8.64. The van der Waals surface area contributed by atoms with Crippen molar-refractivity contribution in [3.05, 3.63) is 137 Å². The molecule has 0 aromatic heterocycles. The number of hydrogen-bond donors (Lipinski definition) is 0. The van der Waals surface area contributed by atoms with Crippen LogP contribution in [-0.4, -0.2) is 17.9 Å². The molecule has 0 N–H and O–H groups in total. The Kier molecular flexibility index (Phi) is 18.4. The zero-order valence-electron chi connectivity index (χ0n) is 37.4. The van der Waals surface area contributed by atoms with Gasteiger partial charge in [-0.2, -0.15) is 0 Å². The van der Waals surface area contributed by atoms with Gasteiger partial charge in [-0.25, -0.2) is 22.8 Å². The molecule has 4 aromatic rings. The first-order chi connectivity index (χ1) is 30.2. The summed E-state index contributed by atoms with van der Waals surface area (Å²) in [6.07, 6.45) is 15.7. The fourth-order valence-corrected chi connectivity index (χ4v) is 8.64. The van der Waals surface area contributed by atoms with Gasteiger partial charge in [-0.05, 0) is 155 Å². The quantitative estimate of drug-likeness (QED) is 0.0483. The number of esters is 3. The molecule has 2 aliphatic carbocycles. The molecule has 0 amide bonds. The number of hydrogen-bond acceptors (Lipinski definition) is 6. The molecule has 0 saturated heterocycles. The summed E-state index contributed by atoms with van der Waals surface area (Å²) in [4.78, 5) is 35.7. The number of unbranched alkanes of at least 4 members (excludes halogenated alkanes) is 2. The number of ether oxygens (including phenoxy) is 3. The lowest BCUT2D eigenvalue weighted by molar-refractivity contribution is -0.140. The molecule has 6 rings (SSSR count). The second-order valence-electron chi connectivity index (χ2n) is 17.4. The van der Waals surface area contributed by atoms with Gasteiger partial charge in [0.15, 0.2) is 0 Å². The molecule has 2 aliphatic rings. The molecule has 0 aliphatic heterocycles. The molecule has 2 saturated carbocycles. The van der Waals surface area contributed by atoms with Gasteiger partial charge in [0, 0.05) is 28.3 Å². The predicted octanol–water partition coefficient (Wildman–Crippen LogP) is 14.4. The van der Waals surface area contributed by atoms with E-state index in [0.29, 0.717) is 46.1 Å². The molecule has 2 fully saturated rings. The Balaban J connectivity index is 0.000000238. The van der Waals surface area contributed by atoms with Crippen LogP contribution in [0.2, 0.25) is 0 Å². The first-order valence-electron chi connectivity index (χ1n) is 22.7. The monoisotopic (exact) mass is 864 g/mol. The minimum absolute atomic E-state index is 0.0197. The van der Waals surface area contributed by atoms with Crippen LogP contribution in [0.3, 0.4) is 0 Å². The van der Waals surface area contributed by atoms with E-state index in [-0.39, 0.29) is 34.7 Å². The maximum atomic E-state index is 14.9. The zero-order chi connectivity index (χ0) is 45.5. The number of halogens is 3. The Morgan fingerprint density at radius 3 is 1.65 bits per heavy atom. The molecule has 4 aromatic carbocycles. The van der Waals surface area contributed by atoms with Crippen LogP contribution in [0.5, 0.6) is 17.2 Å². The number of carbonyl (C=O) groups excluding carboxylic acids is 3. The lowest BCUT2D eigenvalue weighted by Crippen LogP contribution is -2.25. The van der Waals surface area contributed by atoms with E-state index in [1.54, 1.807) is 61.5 Å². The highest BCUT2D eigenvalue weighted by molar-refractivity contribution is 5.89. The van der Waals surface area contributed by atoms with Crippen molar-refractivity contribution in [2.75, 3.05) is 0 Å². The first-order valence-corrected chi connectivity index (χ1v) is 22.7. The summed E-state index contributed by atoms with van der Waals surface area (Å²) in [5, 5.41) is 0. The first kappa shape index (κ1) is 48.6. The van der Waals surface area contributed by atoms with Crippen LogP contribution in [0.4, 0.5) is 13.2 Å². The highest BCUT2D eigenvalue weighted by Crippen LogP contribution is 2.40. The molecule has 9 heteroatoms. The predicted molar refractivity (Wildman–Crippen MR) is 243 cm³/mol. The summed E-state index contributed by atoms with van der Waals surface area (Å²) in [6.45, 7) is 14.6. The van der Waals surface area contributed by atoms with E-state index in [0.717, 1.165) is 62.8 Å². The van der Waals surface area contributed by atoms with E-state index in [9.17, 15) is 27.6 Å². The third-order valence-electron chi connectivity index (χ3n) is 12.3. The van der Waals surface area contributed by atoms with Crippen molar-refractivity contribution < 1.29 is 41.8 Å².